The lowest BCUT2D eigenvalue weighted by Gasteiger charge is -2.27. The van der Waals surface area contributed by atoms with Crippen molar-refractivity contribution in [1.29, 1.82) is 0 Å². The predicted molar refractivity (Wildman–Crippen MR) is 141 cm³/mol. The molecule has 0 aliphatic carbocycles. The zero-order valence-corrected chi connectivity index (χ0v) is 24.4. The molecule has 0 saturated carbocycles. The van der Waals surface area contributed by atoms with Gasteiger partial charge in [0.1, 0.15) is 17.8 Å². The van der Waals surface area contributed by atoms with E-state index in [0.717, 1.165) is 20.9 Å². The molecule has 0 unspecified atom stereocenters. The van der Waals surface area contributed by atoms with Crippen molar-refractivity contribution in [2.75, 3.05) is 26.8 Å². The number of nitrogens with two attached hydrogens (primary N) is 1. The van der Waals surface area contributed by atoms with Gasteiger partial charge in [-0.15, -0.1) is 0 Å². The molecule has 0 radical (unpaired) electrons. The van der Waals surface area contributed by atoms with Gasteiger partial charge in [0.2, 0.25) is 0 Å². The number of rotatable bonds is 9. The Kier molecular flexibility index (Phi) is 9.87. The average molecular weight is 733 g/mol. The summed E-state index contributed by atoms with van der Waals surface area (Å²) in [5.41, 5.74) is 6.53. The Hall–Kier alpha value is -1.12. The molecule has 4 N–H and O–H groups in total. The van der Waals surface area contributed by atoms with Gasteiger partial charge in [0.25, 0.3) is 5.91 Å². The van der Waals surface area contributed by atoms with Gasteiger partial charge in [-0.25, -0.2) is 0 Å². The summed E-state index contributed by atoms with van der Waals surface area (Å²) in [5.74, 6) is -0.974. The van der Waals surface area contributed by atoms with E-state index >= 15 is 0 Å². The predicted octanol–water partition coefficient (Wildman–Crippen LogP) is 3.95. The van der Waals surface area contributed by atoms with Crippen LogP contribution in [0.25, 0.3) is 0 Å². The van der Waals surface area contributed by atoms with E-state index < -0.39 is 17.8 Å². The van der Waals surface area contributed by atoms with E-state index in [9.17, 15) is 9.90 Å². The summed E-state index contributed by atoms with van der Waals surface area (Å²) in [6.07, 6.45) is 1.29. The number of nitrogens with one attached hydrogen (secondary N) is 1. The normalized spacial score (nSPS) is 21.9. The highest BCUT2D eigenvalue weighted by atomic mass is 79.9. The topological polar surface area (TPSA) is 125 Å². The lowest BCUT2D eigenvalue weighted by molar-refractivity contribution is -0.225. The number of amides is 1. The van der Waals surface area contributed by atoms with Crippen molar-refractivity contribution in [2.45, 2.75) is 31.2 Å². The highest BCUT2D eigenvalue weighted by Gasteiger charge is 2.54. The molecule has 9 nitrogen and oxygen atoms in total. The number of halogens is 4. The van der Waals surface area contributed by atoms with Gasteiger partial charge in [-0.2, -0.15) is 0 Å². The monoisotopic (exact) mass is 729 g/mol. The maximum Gasteiger partial charge on any atom is 0.311 e. The van der Waals surface area contributed by atoms with Crippen LogP contribution in [0.4, 0.5) is 0 Å². The highest BCUT2D eigenvalue weighted by molar-refractivity contribution is 9.12. The molecule has 0 fully saturated rings. The maximum atomic E-state index is 12.6. The second kappa shape index (κ2) is 12.2. The standard InChI is InChI=1S/C21H23Br4N3O6/c1-31-17-14(24)9-21(33-10-15(17)25)19(29)16(28-34-21)20(30)27-5-2-6-32-18-12(22)7-11(3-4-26)8-13(18)23/h7-8,10,19,29H,2-6,9,26H2,1H3,(H,27,30)/t19-,21-/m1/s1. The van der Waals surface area contributed by atoms with Crippen LogP contribution in [-0.4, -0.2) is 55.4 Å². The lowest BCUT2D eigenvalue weighted by Crippen LogP contribution is -2.49. The van der Waals surface area contributed by atoms with Crippen molar-refractivity contribution >= 4 is 75.3 Å². The summed E-state index contributed by atoms with van der Waals surface area (Å²) in [6, 6.07) is 3.94. The quantitative estimate of drug-likeness (QED) is 0.329. The summed E-state index contributed by atoms with van der Waals surface area (Å²) < 4.78 is 19.5. The van der Waals surface area contributed by atoms with Gasteiger partial charge in [-0.05, 0) is 84.9 Å². The summed E-state index contributed by atoms with van der Waals surface area (Å²) in [4.78, 5) is 18.0. The van der Waals surface area contributed by atoms with Crippen LogP contribution < -0.4 is 15.8 Å². The van der Waals surface area contributed by atoms with Crippen LogP contribution in [0.2, 0.25) is 0 Å². The minimum Gasteiger partial charge on any atom is -0.495 e. The van der Waals surface area contributed by atoms with E-state index in [1.54, 1.807) is 0 Å². The van der Waals surface area contributed by atoms with Crippen LogP contribution in [0, 0.1) is 0 Å². The number of benzene rings is 1. The Morgan fingerprint density at radius 1 is 1.32 bits per heavy atom. The zero-order valence-electron chi connectivity index (χ0n) is 18.1. The lowest BCUT2D eigenvalue weighted by atomic mass is 10.0. The average Bonchev–Trinajstić information content (AvgIpc) is 3.03. The fraction of sp³-hybridized carbons (Fsp3) is 0.429. The Morgan fingerprint density at radius 3 is 2.68 bits per heavy atom. The van der Waals surface area contributed by atoms with Gasteiger partial charge in [-0.3, -0.25) is 4.79 Å². The third-order valence-corrected chi connectivity index (χ3v) is 7.35. The van der Waals surface area contributed by atoms with Gasteiger partial charge < -0.3 is 35.2 Å². The minimum atomic E-state index is -1.58. The van der Waals surface area contributed by atoms with E-state index in [2.05, 4.69) is 74.2 Å². The minimum absolute atomic E-state index is 0.0743. The van der Waals surface area contributed by atoms with Gasteiger partial charge in [-0.1, -0.05) is 21.1 Å². The van der Waals surface area contributed by atoms with Crippen molar-refractivity contribution in [2.24, 2.45) is 10.9 Å². The number of oxime groups is 1. The van der Waals surface area contributed by atoms with Gasteiger partial charge in [0.15, 0.2) is 11.8 Å². The Labute approximate surface area is 230 Å². The first kappa shape index (κ1) is 27.5. The molecular weight excluding hydrogens is 710 g/mol. The van der Waals surface area contributed by atoms with Crippen molar-refractivity contribution in [1.82, 2.24) is 5.32 Å². The molecule has 1 aromatic carbocycles. The number of allylic oxidation sites excluding steroid dienone is 1. The van der Waals surface area contributed by atoms with Crippen LogP contribution in [0.5, 0.6) is 5.75 Å². The number of aliphatic hydroxyl groups is 1. The Bertz CT molecular complexity index is 1010. The fourth-order valence-electron chi connectivity index (χ4n) is 3.30. The Balaban J connectivity index is 1.51. The van der Waals surface area contributed by atoms with Crippen LogP contribution in [0.1, 0.15) is 18.4 Å². The first-order valence-electron chi connectivity index (χ1n) is 10.2. The summed E-state index contributed by atoms with van der Waals surface area (Å²) in [5, 5.41) is 17.3. The van der Waals surface area contributed by atoms with Crippen molar-refractivity contribution in [3.8, 4) is 5.75 Å². The van der Waals surface area contributed by atoms with Gasteiger partial charge in [0.05, 0.1) is 33.6 Å². The number of nitrogens with zero attached hydrogens (tertiary/aromatic N) is 1. The van der Waals surface area contributed by atoms with Crippen LogP contribution in [0.15, 0.2) is 47.2 Å². The molecule has 1 aromatic rings. The molecule has 1 amide bonds. The molecule has 0 aromatic heterocycles. The van der Waals surface area contributed by atoms with E-state index in [-0.39, 0.29) is 12.1 Å². The number of aliphatic hydroxyl groups excluding tert-OH is 1. The second-order valence-corrected chi connectivity index (χ2v) is 10.9. The molecule has 2 aliphatic rings. The number of hydrogen-bond donors (Lipinski definition) is 3. The first-order valence-corrected chi connectivity index (χ1v) is 13.4. The second-order valence-electron chi connectivity index (χ2n) is 7.37. The van der Waals surface area contributed by atoms with Crippen molar-refractivity contribution in [3.05, 3.63) is 47.6 Å². The number of methoxy groups -OCH3 is 1. The largest absolute Gasteiger partial charge is 0.495 e. The number of carbonyl (C=O) groups excluding carboxylic acids is 1. The van der Waals surface area contributed by atoms with E-state index in [1.807, 2.05) is 12.1 Å². The SMILES string of the molecule is COC1=C(Br)C[C@@]2(OC=C1Br)ON=C(C(=O)NCCCOc1c(Br)cc(CCN)cc1Br)[C@H]2O. The van der Waals surface area contributed by atoms with E-state index in [1.165, 1.54) is 13.4 Å². The highest BCUT2D eigenvalue weighted by Crippen LogP contribution is 2.41. The third-order valence-electron chi connectivity index (χ3n) is 4.98. The molecule has 2 atom stereocenters. The van der Waals surface area contributed by atoms with E-state index in [0.29, 0.717) is 46.6 Å². The molecule has 34 heavy (non-hydrogen) atoms. The van der Waals surface area contributed by atoms with Crippen LogP contribution in [0.3, 0.4) is 0 Å². The molecule has 2 aliphatic heterocycles. The molecule has 3 rings (SSSR count). The summed E-state index contributed by atoms with van der Waals surface area (Å²) in [6.45, 7) is 1.23. The number of ether oxygens (including phenoxy) is 3. The molecule has 0 saturated heterocycles. The molecule has 2 heterocycles. The molecule has 186 valence electrons. The molecule has 1 spiro atoms. The third kappa shape index (κ3) is 6.16. The molecule has 0 bridgehead atoms. The first-order chi connectivity index (χ1) is 16.2. The fourth-order valence-corrected chi connectivity index (χ4v) is 6.33. The molecule has 13 heteroatoms. The zero-order chi connectivity index (χ0) is 24.9. The van der Waals surface area contributed by atoms with Crippen LogP contribution >= 0.6 is 63.7 Å². The summed E-state index contributed by atoms with van der Waals surface area (Å²) >= 11 is 13.8. The smallest absolute Gasteiger partial charge is 0.311 e. The maximum absolute atomic E-state index is 12.6. The Morgan fingerprint density at radius 2 is 2.03 bits per heavy atom. The van der Waals surface area contributed by atoms with Gasteiger partial charge in [0, 0.05) is 11.0 Å². The van der Waals surface area contributed by atoms with Gasteiger partial charge >= 0.3 is 5.79 Å². The van der Waals surface area contributed by atoms with E-state index in [4.69, 9.17) is 24.8 Å². The number of carbonyl (C=O) groups is 1. The van der Waals surface area contributed by atoms with Crippen LogP contribution in [-0.2, 0) is 25.5 Å². The number of hydrogen-bond acceptors (Lipinski definition) is 8. The summed E-state index contributed by atoms with van der Waals surface area (Å²) in [7, 11) is 1.50. The van der Waals surface area contributed by atoms with Crippen molar-refractivity contribution < 1.29 is 28.9 Å². The van der Waals surface area contributed by atoms with Crippen molar-refractivity contribution in [3.63, 3.8) is 0 Å². The molecular formula is C21H23Br4N3O6.